The molecule has 0 amide bonds. The van der Waals surface area contributed by atoms with Gasteiger partial charge in [0.25, 0.3) is 0 Å². The zero-order valence-corrected chi connectivity index (χ0v) is 14.8. The molecular formula is C16H12Cl3N5. The summed E-state index contributed by atoms with van der Waals surface area (Å²) in [4.78, 5) is 4.36. The van der Waals surface area contributed by atoms with Gasteiger partial charge >= 0.3 is 0 Å². The van der Waals surface area contributed by atoms with Crippen molar-refractivity contribution in [1.29, 1.82) is 0 Å². The highest BCUT2D eigenvalue weighted by molar-refractivity contribution is 6.35. The van der Waals surface area contributed by atoms with Gasteiger partial charge in [0.2, 0.25) is 5.95 Å². The van der Waals surface area contributed by atoms with E-state index in [9.17, 15) is 0 Å². The molecule has 3 aromatic rings. The van der Waals surface area contributed by atoms with E-state index in [0.717, 1.165) is 11.3 Å². The van der Waals surface area contributed by atoms with Crippen LogP contribution >= 0.6 is 34.8 Å². The van der Waals surface area contributed by atoms with Crippen LogP contribution in [0.5, 0.6) is 0 Å². The second-order valence-corrected chi connectivity index (χ2v) is 6.28. The van der Waals surface area contributed by atoms with Crippen LogP contribution in [-0.2, 0) is 0 Å². The maximum Gasteiger partial charge on any atom is 0.249 e. The van der Waals surface area contributed by atoms with E-state index in [1.807, 2.05) is 19.1 Å². The summed E-state index contributed by atoms with van der Waals surface area (Å²) in [5.74, 6) is 0.819. The van der Waals surface area contributed by atoms with Crippen LogP contribution in [0.15, 0.2) is 42.6 Å². The topological polar surface area (TPSA) is 62.7 Å². The van der Waals surface area contributed by atoms with Crippen LogP contribution in [0.1, 0.15) is 5.56 Å². The average molecular weight is 381 g/mol. The standard InChI is InChI=1S/C16H12Cl3N5/c1-9-2-3-10(17)6-13(9)22-16-23-15(8-20-24-16)21-14-7-11(18)4-5-12(14)19/h2-8H,1H3,(H2,21,22,23,24). The normalized spacial score (nSPS) is 10.5. The Bertz CT molecular complexity index is 817. The van der Waals surface area contributed by atoms with E-state index in [0.29, 0.717) is 32.5 Å². The molecule has 0 saturated carbocycles. The van der Waals surface area contributed by atoms with E-state index in [1.165, 1.54) is 6.20 Å². The van der Waals surface area contributed by atoms with Crippen molar-refractivity contribution in [2.45, 2.75) is 6.92 Å². The van der Waals surface area contributed by atoms with E-state index < -0.39 is 0 Å². The molecule has 2 aromatic carbocycles. The molecule has 0 bridgehead atoms. The van der Waals surface area contributed by atoms with Crippen molar-refractivity contribution in [3.8, 4) is 0 Å². The number of anilines is 4. The molecule has 24 heavy (non-hydrogen) atoms. The highest BCUT2D eigenvalue weighted by Crippen LogP contribution is 2.28. The summed E-state index contributed by atoms with van der Waals surface area (Å²) in [6.45, 7) is 1.96. The van der Waals surface area contributed by atoms with Crippen molar-refractivity contribution in [3.05, 3.63) is 63.2 Å². The number of hydrogen-bond donors (Lipinski definition) is 2. The van der Waals surface area contributed by atoms with E-state index >= 15 is 0 Å². The van der Waals surface area contributed by atoms with Crippen LogP contribution in [-0.4, -0.2) is 15.2 Å². The van der Waals surface area contributed by atoms with Crippen molar-refractivity contribution in [2.24, 2.45) is 0 Å². The van der Waals surface area contributed by atoms with Gasteiger partial charge in [-0.25, -0.2) is 0 Å². The predicted octanol–water partition coefficient (Wildman–Crippen LogP) is 5.63. The first kappa shape index (κ1) is 16.8. The Morgan fingerprint density at radius 3 is 2.38 bits per heavy atom. The lowest BCUT2D eigenvalue weighted by atomic mass is 10.2. The predicted molar refractivity (Wildman–Crippen MR) is 99.0 cm³/mol. The third-order valence-corrected chi connectivity index (χ3v) is 4.00. The minimum atomic E-state index is 0.337. The van der Waals surface area contributed by atoms with Crippen molar-refractivity contribution in [3.63, 3.8) is 0 Å². The molecular weight excluding hydrogens is 369 g/mol. The maximum atomic E-state index is 6.14. The van der Waals surface area contributed by atoms with Gasteiger partial charge in [-0.15, -0.1) is 5.10 Å². The lowest BCUT2D eigenvalue weighted by Crippen LogP contribution is -2.03. The zero-order chi connectivity index (χ0) is 17.1. The zero-order valence-electron chi connectivity index (χ0n) is 12.5. The maximum absolute atomic E-state index is 6.14. The van der Waals surface area contributed by atoms with Gasteiger partial charge in [-0.1, -0.05) is 40.9 Å². The fourth-order valence-corrected chi connectivity index (χ4v) is 2.51. The van der Waals surface area contributed by atoms with Crippen LogP contribution in [0.3, 0.4) is 0 Å². The van der Waals surface area contributed by atoms with Gasteiger partial charge in [0.15, 0.2) is 5.82 Å². The number of aryl methyl sites for hydroxylation is 1. The van der Waals surface area contributed by atoms with Crippen molar-refractivity contribution in [1.82, 2.24) is 15.2 Å². The van der Waals surface area contributed by atoms with E-state index in [1.54, 1.807) is 24.3 Å². The molecule has 1 aromatic heterocycles. The van der Waals surface area contributed by atoms with Crippen LogP contribution in [0, 0.1) is 6.92 Å². The molecule has 2 N–H and O–H groups in total. The lowest BCUT2D eigenvalue weighted by molar-refractivity contribution is 0.982. The van der Waals surface area contributed by atoms with Gasteiger partial charge in [-0.2, -0.15) is 10.1 Å². The second-order valence-electron chi connectivity index (χ2n) is 5.00. The lowest BCUT2D eigenvalue weighted by Gasteiger charge is -2.10. The summed E-state index contributed by atoms with van der Waals surface area (Å²) in [6.07, 6.45) is 1.49. The minimum Gasteiger partial charge on any atom is -0.338 e. The minimum absolute atomic E-state index is 0.337. The van der Waals surface area contributed by atoms with Crippen LogP contribution in [0.25, 0.3) is 0 Å². The molecule has 0 atom stereocenters. The molecule has 0 spiro atoms. The molecule has 0 aliphatic rings. The van der Waals surface area contributed by atoms with Crippen molar-refractivity contribution >= 4 is 57.9 Å². The first-order chi connectivity index (χ1) is 11.5. The quantitative estimate of drug-likeness (QED) is 0.614. The Kier molecular flexibility index (Phi) is 5.04. The average Bonchev–Trinajstić information content (AvgIpc) is 2.55. The summed E-state index contributed by atoms with van der Waals surface area (Å²) in [6, 6.07) is 10.7. The van der Waals surface area contributed by atoms with E-state index in [2.05, 4.69) is 25.8 Å². The summed E-state index contributed by atoms with van der Waals surface area (Å²) in [7, 11) is 0. The molecule has 8 heteroatoms. The first-order valence-electron chi connectivity index (χ1n) is 6.96. The van der Waals surface area contributed by atoms with Crippen LogP contribution in [0.4, 0.5) is 23.1 Å². The number of halogens is 3. The Hall–Kier alpha value is -2.08. The highest BCUT2D eigenvalue weighted by Gasteiger charge is 2.07. The SMILES string of the molecule is Cc1ccc(Cl)cc1Nc1nncc(Nc2cc(Cl)ccc2Cl)n1. The molecule has 0 saturated heterocycles. The van der Waals surface area contributed by atoms with Gasteiger partial charge in [-0.05, 0) is 42.8 Å². The van der Waals surface area contributed by atoms with Gasteiger partial charge in [0, 0.05) is 15.7 Å². The number of nitrogens with zero attached hydrogens (tertiary/aromatic N) is 3. The number of hydrogen-bond acceptors (Lipinski definition) is 5. The van der Waals surface area contributed by atoms with Crippen LogP contribution < -0.4 is 10.6 Å². The van der Waals surface area contributed by atoms with E-state index in [4.69, 9.17) is 34.8 Å². The number of aromatic nitrogens is 3. The molecule has 0 aliphatic heterocycles. The fraction of sp³-hybridized carbons (Fsp3) is 0.0625. The third kappa shape index (κ3) is 4.06. The molecule has 1 heterocycles. The highest BCUT2D eigenvalue weighted by atomic mass is 35.5. The van der Waals surface area contributed by atoms with Gasteiger partial charge in [-0.3, -0.25) is 0 Å². The smallest absolute Gasteiger partial charge is 0.249 e. The summed E-state index contributed by atoms with van der Waals surface area (Å²) < 4.78 is 0. The molecule has 5 nitrogen and oxygen atoms in total. The molecule has 0 fully saturated rings. The first-order valence-corrected chi connectivity index (χ1v) is 8.09. The Morgan fingerprint density at radius 1 is 0.875 bits per heavy atom. The van der Waals surface area contributed by atoms with Gasteiger partial charge < -0.3 is 10.6 Å². The third-order valence-electron chi connectivity index (χ3n) is 3.20. The van der Waals surface area contributed by atoms with Crippen LogP contribution in [0.2, 0.25) is 15.1 Å². The number of nitrogens with one attached hydrogen (secondary N) is 2. The van der Waals surface area contributed by atoms with Crippen molar-refractivity contribution in [2.75, 3.05) is 10.6 Å². The van der Waals surface area contributed by atoms with Gasteiger partial charge in [0.05, 0.1) is 16.9 Å². The molecule has 122 valence electrons. The Labute approximate surface area is 154 Å². The fourth-order valence-electron chi connectivity index (χ4n) is 2.00. The second kappa shape index (κ2) is 7.21. The van der Waals surface area contributed by atoms with E-state index in [-0.39, 0.29) is 0 Å². The summed E-state index contributed by atoms with van der Waals surface area (Å²) >= 11 is 18.1. The molecule has 0 aliphatic carbocycles. The number of benzene rings is 2. The van der Waals surface area contributed by atoms with Gasteiger partial charge in [0.1, 0.15) is 0 Å². The summed E-state index contributed by atoms with van der Waals surface area (Å²) in [5, 5.41) is 15.8. The largest absolute Gasteiger partial charge is 0.338 e. The molecule has 3 rings (SSSR count). The summed E-state index contributed by atoms with van der Waals surface area (Å²) in [5.41, 5.74) is 2.45. The molecule has 0 unspecified atom stereocenters. The monoisotopic (exact) mass is 379 g/mol. The molecule has 0 radical (unpaired) electrons. The van der Waals surface area contributed by atoms with Crippen molar-refractivity contribution < 1.29 is 0 Å². The Balaban J connectivity index is 1.84. The Morgan fingerprint density at radius 2 is 1.58 bits per heavy atom. The number of rotatable bonds is 4.